The van der Waals surface area contributed by atoms with E-state index in [0.717, 1.165) is 45.2 Å². The summed E-state index contributed by atoms with van der Waals surface area (Å²) >= 11 is 0. The van der Waals surface area contributed by atoms with Gasteiger partial charge in [0.25, 0.3) is 0 Å². The van der Waals surface area contributed by atoms with Gasteiger partial charge < -0.3 is 15.5 Å². The molecule has 0 spiro atoms. The molecular weight excluding hydrogens is 314 g/mol. The van der Waals surface area contributed by atoms with Gasteiger partial charge in [0.15, 0.2) is 0 Å². The van der Waals surface area contributed by atoms with Crippen molar-refractivity contribution in [1.29, 1.82) is 0 Å². The molecule has 1 aliphatic carbocycles. The highest BCUT2D eigenvalue weighted by Crippen LogP contribution is 2.26. The molecule has 1 saturated heterocycles. The van der Waals surface area contributed by atoms with Crippen LogP contribution in [0, 0.1) is 5.92 Å². The smallest absolute Gasteiger partial charge is 0.225 e. The van der Waals surface area contributed by atoms with E-state index in [0.29, 0.717) is 19.5 Å². The quantitative estimate of drug-likeness (QED) is 0.907. The summed E-state index contributed by atoms with van der Waals surface area (Å²) < 4.78 is 0. The van der Waals surface area contributed by atoms with Crippen molar-refractivity contribution in [3.8, 4) is 0 Å². The van der Waals surface area contributed by atoms with Gasteiger partial charge in [-0.1, -0.05) is 30.3 Å². The molecule has 1 heterocycles. The maximum Gasteiger partial charge on any atom is 0.225 e. The van der Waals surface area contributed by atoms with Crippen molar-refractivity contribution in [3.05, 3.63) is 35.9 Å². The van der Waals surface area contributed by atoms with E-state index in [4.69, 9.17) is 5.73 Å². The molecule has 0 unspecified atom stereocenters. The summed E-state index contributed by atoms with van der Waals surface area (Å²) in [4.78, 5) is 29.0. The number of aryl methyl sites for hydroxylation is 1. The van der Waals surface area contributed by atoms with Gasteiger partial charge in [-0.25, -0.2) is 0 Å². The van der Waals surface area contributed by atoms with E-state index in [2.05, 4.69) is 12.1 Å². The first-order valence-corrected chi connectivity index (χ1v) is 9.49. The number of amides is 2. The van der Waals surface area contributed by atoms with E-state index >= 15 is 0 Å². The van der Waals surface area contributed by atoms with Crippen LogP contribution in [0.25, 0.3) is 0 Å². The van der Waals surface area contributed by atoms with Gasteiger partial charge in [0.1, 0.15) is 0 Å². The summed E-state index contributed by atoms with van der Waals surface area (Å²) in [6.45, 7) is 2.81. The summed E-state index contributed by atoms with van der Waals surface area (Å²) in [7, 11) is 0. The second-order valence-electron chi connectivity index (χ2n) is 7.32. The summed E-state index contributed by atoms with van der Waals surface area (Å²) in [5.74, 6) is 0.530. The highest BCUT2D eigenvalue weighted by molar-refractivity contribution is 5.80. The fraction of sp³-hybridized carbons (Fsp3) is 0.600. The minimum atomic E-state index is 0.0929. The number of carbonyl (C=O) groups excluding carboxylic acids is 2. The molecule has 0 radical (unpaired) electrons. The predicted molar refractivity (Wildman–Crippen MR) is 97.9 cm³/mol. The first kappa shape index (κ1) is 17.9. The zero-order valence-corrected chi connectivity index (χ0v) is 14.9. The van der Waals surface area contributed by atoms with Crippen LogP contribution in [0.1, 0.15) is 37.7 Å². The maximum atomic E-state index is 12.7. The predicted octanol–water partition coefficient (Wildman–Crippen LogP) is 1.81. The van der Waals surface area contributed by atoms with E-state index in [1.54, 1.807) is 0 Å². The van der Waals surface area contributed by atoms with Gasteiger partial charge in [-0.3, -0.25) is 9.59 Å². The Balaban J connectivity index is 1.47. The largest absolute Gasteiger partial charge is 0.341 e. The second-order valence-corrected chi connectivity index (χ2v) is 7.32. The van der Waals surface area contributed by atoms with Crippen LogP contribution in [0.3, 0.4) is 0 Å². The number of carbonyl (C=O) groups is 2. The van der Waals surface area contributed by atoms with E-state index in [-0.39, 0.29) is 23.8 Å². The molecule has 2 amide bonds. The van der Waals surface area contributed by atoms with Gasteiger partial charge in [-0.15, -0.1) is 0 Å². The lowest BCUT2D eigenvalue weighted by molar-refractivity contribution is -0.136. The number of hydrogen-bond acceptors (Lipinski definition) is 3. The van der Waals surface area contributed by atoms with Gasteiger partial charge in [0, 0.05) is 44.6 Å². The van der Waals surface area contributed by atoms with Gasteiger partial charge in [-0.2, -0.15) is 0 Å². The van der Waals surface area contributed by atoms with Crippen LogP contribution in [0.4, 0.5) is 0 Å². The van der Waals surface area contributed by atoms with Crippen molar-refractivity contribution in [3.63, 3.8) is 0 Å². The van der Waals surface area contributed by atoms with E-state index in [1.165, 1.54) is 5.56 Å². The zero-order valence-electron chi connectivity index (χ0n) is 14.9. The molecule has 2 atom stereocenters. The maximum absolute atomic E-state index is 12.7. The van der Waals surface area contributed by atoms with E-state index in [9.17, 15) is 9.59 Å². The fourth-order valence-electron chi connectivity index (χ4n) is 3.94. The summed E-state index contributed by atoms with van der Waals surface area (Å²) in [6, 6.07) is 10.3. The lowest BCUT2D eigenvalue weighted by atomic mass is 10.1. The highest BCUT2D eigenvalue weighted by Gasteiger charge is 2.32. The highest BCUT2D eigenvalue weighted by atomic mass is 16.2. The molecule has 3 rings (SSSR count). The number of rotatable bonds is 4. The molecule has 2 fully saturated rings. The molecule has 2 aliphatic rings. The number of nitrogens with zero attached hydrogens (tertiary/aromatic N) is 2. The third-order valence-corrected chi connectivity index (χ3v) is 5.45. The molecule has 136 valence electrons. The van der Waals surface area contributed by atoms with Crippen LogP contribution in [0.15, 0.2) is 30.3 Å². The SMILES string of the molecule is N[C@H]1CC[C@H](C(=O)N2CCCN(C(=O)CCc3ccccc3)CC2)C1. The molecule has 1 aromatic rings. The Morgan fingerprint density at radius 2 is 1.72 bits per heavy atom. The van der Waals surface area contributed by atoms with Crippen molar-refractivity contribution in [2.24, 2.45) is 11.7 Å². The van der Waals surface area contributed by atoms with Crippen molar-refractivity contribution >= 4 is 11.8 Å². The minimum Gasteiger partial charge on any atom is -0.341 e. The van der Waals surface area contributed by atoms with Crippen LogP contribution < -0.4 is 5.73 Å². The van der Waals surface area contributed by atoms with Crippen LogP contribution in [-0.4, -0.2) is 53.8 Å². The first-order chi connectivity index (χ1) is 12.1. The molecule has 5 heteroatoms. The molecule has 25 heavy (non-hydrogen) atoms. The van der Waals surface area contributed by atoms with Crippen molar-refractivity contribution in [2.45, 2.75) is 44.6 Å². The third kappa shape index (κ3) is 4.82. The molecule has 5 nitrogen and oxygen atoms in total. The van der Waals surface area contributed by atoms with Crippen LogP contribution in [0.2, 0.25) is 0 Å². The van der Waals surface area contributed by atoms with Crippen LogP contribution in [-0.2, 0) is 16.0 Å². The van der Waals surface area contributed by atoms with Crippen molar-refractivity contribution in [2.75, 3.05) is 26.2 Å². The Morgan fingerprint density at radius 3 is 2.44 bits per heavy atom. The van der Waals surface area contributed by atoms with Gasteiger partial charge >= 0.3 is 0 Å². The molecule has 2 N–H and O–H groups in total. The molecule has 1 saturated carbocycles. The van der Waals surface area contributed by atoms with Crippen LogP contribution in [0.5, 0.6) is 0 Å². The number of benzene rings is 1. The van der Waals surface area contributed by atoms with Gasteiger partial charge in [0.2, 0.25) is 11.8 Å². The Hall–Kier alpha value is -1.88. The van der Waals surface area contributed by atoms with E-state index in [1.807, 2.05) is 28.0 Å². The van der Waals surface area contributed by atoms with Crippen LogP contribution >= 0.6 is 0 Å². The van der Waals surface area contributed by atoms with Gasteiger partial charge in [0.05, 0.1) is 0 Å². The minimum absolute atomic E-state index is 0.0929. The lowest BCUT2D eigenvalue weighted by Crippen LogP contribution is -2.39. The average molecular weight is 343 g/mol. The normalized spacial score (nSPS) is 24.2. The molecule has 0 aromatic heterocycles. The third-order valence-electron chi connectivity index (χ3n) is 5.45. The first-order valence-electron chi connectivity index (χ1n) is 9.49. The number of hydrogen-bond donors (Lipinski definition) is 1. The Kier molecular flexibility index (Phi) is 6.08. The zero-order chi connectivity index (χ0) is 17.6. The summed E-state index contributed by atoms with van der Waals surface area (Å²) in [6.07, 6.45) is 4.86. The van der Waals surface area contributed by atoms with Gasteiger partial charge in [-0.05, 0) is 37.7 Å². The molecule has 1 aliphatic heterocycles. The topological polar surface area (TPSA) is 66.6 Å². The number of nitrogens with two attached hydrogens (primary N) is 1. The summed E-state index contributed by atoms with van der Waals surface area (Å²) in [5, 5.41) is 0. The second kappa shape index (κ2) is 8.48. The lowest BCUT2D eigenvalue weighted by Gasteiger charge is -2.24. The fourth-order valence-corrected chi connectivity index (χ4v) is 3.94. The van der Waals surface area contributed by atoms with E-state index < -0.39 is 0 Å². The monoisotopic (exact) mass is 343 g/mol. The Bertz CT molecular complexity index is 590. The summed E-state index contributed by atoms with van der Waals surface area (Å²) in [5.41, 5.74) is 7.14. The molecule has 0 bridgehead atoms. The molecule has 1 aromatic carbocycles. The van der Waals surface area contributed by atoms with Crippen molar-refractivity contribution < 1.29 is 9.59 Å². The standard InChI is InChI=1S/C20H29N3O2/c21-18-9-8-17(15-18)20(25)23-12-4-11-22(13-14-23)19(24)10-7-16-5-2-1-3-6-16/h1-3,5-6,17-18H,4,7-15,21H2/t17-,18-/m0/s1. The Labute approximate surface area is 150 Å². The molecular formula is C20H29N3O2. The average Bonchev–Trinajstić information content (AvgIpc) is 2.92. The van der Waals surface area contributed by atoms with Crippen molar-refractivity contribution in [1.82, 2.24) is 9.80 Å². The Morgan fingerprint density at radius 1 is 1.00 bits per heavy atom.